The SMILES string of the molecule is CCNCc1cc(CC)nc(Oc2ccccc2)c1. The Labute approximate surface area is 114 Å². The molecule has 0 amide bonds. The van der Waals surface area contributed by atoms with Gasteiger partial charge in [0.05, 0.1) is 0 Å². The summed E-state index contributed by atoms with van der Waals surface area (Å²) in [5.74, 6) is 1.48. The van der Waals surface area contributed by atoms with Crippen LogP contribution in [0, 0.1) is 0 Å². The lowest BCUT2D eigenvalue weighted by Gasteiger charge is -2.09. The molecule has 0 aliphatic carbocycles. The number of ether oxygens (including phenoxy) is 1. The van der Waals surface area contributed by atoms with Crippen molar-refractivity contribution in [1.82, 2.24) is 10.3 Å². The van der Waals surface area contributed by atoms with E-state index in [1.807, 2.05) is 36.4 Å². The predicted octanol–water partition coefficient (Wildman–Crippen LogP) is 3.55. The Morgan fingerprint density at radius 3 is 2.58 bits per heavy atom. The van der Waals surface area contributed by atoms with Crippen molar-refractivity contribution in [3.8, 4) is 11.6 Å². The second-order valence-corrected chi connectivity index (χ2v) is 4.35. The standard InChI is InChI=1S/C16H20N2O/c1-3-14-10-13(12-17-4-2)11-16(18-14)19-15-8-6-5-7-9-15/h5-11,17H,3-4,12H2,1-2H3. The van der Waals surface area contributed by atoms with Crippen molar-refractivity contribution < 1.29 is 4.74 Å². The van der Waals surface area contributed by atoms with Crippen molar-refractivity contribution in [2.75, 3.05) is 6.54 Å². The molecule has 2 aromatic rings. The van der Waals surface area contributed by atoms with Crippen LogP contribution in [0.15, 0.2) is 42.5 Å². The number of nitrogens with zero attached hydrogens (tertiary/aromatic N) is 1. The van der Waals surface area contributed by atoms with Gasteiger partial charge in [0.1, 0.15) is 5.75 Å². The minimum atomic E-state index is 0.665. The lowest BCUT2D eigenvalue weighted by Crippen LogP contribution is -2.12. The van der Waals surface area contributed by atoms with Crippen LogP contribution in [-0.2, 0) is 13.0 Å². The van der Waals surface area contributed by atoms with E-state index in [0.717, 1.165) is 31.0 Å². The van der Waals surface area contributed by atoms with Crippen molar-refractivity contribution in [2.24, 2.45) is 0 Å². The number of aromatic nitrogens is 1. The van der Waals surface area contributed by atoms with Crippen LogP contribution in [0.2, 0.25) is 0 Å². The highest BCUT2D eigenvalue weighted by molar-refractivity contribution is 5.30. The molecular formula is C16H20N2O. The molecule has 100 valence electrons. The third kappa shape index (κ3) is 4.07. The summed E-state index contributed by atoms with van der Waals surface area (Å²) >= 11 is 0. The van der Waals surface area contributed by atoms with Crippen LogP contribution in [0.3, 0.4) is 0 Å². The molecule has 2 rings (SSSR count). The van der Waals surface area contributed by atoms with Crippen molar-refractivity contribution >= 4 is 0 Å². The Bertz CT molecular complexity index is 511. The van der Waals surface area contributed by atoms with Crippen molar-refractivity contribution in [3.05, 3.63) is 53.7 Å². The number of para-hydroxylation sites is 1. The molecule has 0 saturated carbocycles. The van der Waals surface area contributed by atoms with Crippen LogP contribution in [-0.4, -0.2) is 11.5 Å². The molecule has 1 heterocycles. The predicted molar refractivity (Wildman–Crippen MR) is 77.5 cm³/mol. The first-order chi connectivity index (χ1) is 9.31. The summed E-state index contributed by atoms with van der Waals surface area (Å²) in [7, 11) is 0. The molecule has 1 N–H and O–H groups in total. The third-order valence-electron chi connectivity index (χ3n) is 2.82. The number of pyridine rings is 1. The Morgan fingerprint density at radius 2 is 1.89 bits per heavy atom. The van der Waals surface area contributed by atoms with E-state index in [9.17, 15) is 0 Å². The van der Waals surface area contributed by atoms with Crippen molar-refractivity contribution in [3.63, 3.8) is 0 Å². The van der Waals surface area contributed by atoms with Gasteiger partial charge >= 0.3 is 0 Å². The molecule has 19 heavy (non-hydrogen) atoms. The summed E-state index contributed by atoms with van der Waals surface area (Å²) in [6.07, 6.45) is 0.908. The molecular weight excluding hydrogens is 236 g/mol. The van der Waals surface area contributed by atoms with E-state index in [1.54, 1.807) is 0 Å². The topological polar surface area (TPSA) is 34.2 Å². The molecule has 3 heteroatoms. The van der Waals surface area contributed by atoms with Crippen LogP contribution >= 0.6 is 0 Å². The maximum absolute atomic E-state index is 5.80. The van der Waals surface area contributed by atoms with E-state index >= 15 is 0 Å². The summed E-state index contributed by atoms with van der Waals surface area (Å²) < 4.78 is 5.80. The highest BCUT2D eigenvalue weighted by Gasteiger charge is 2.04. The summed E-state index contributed by atoms with van der Waals surface area (Å²) in [6.45, 7) is 6.00. The minimum Gasteiger partial charge on any atom is -0.439 e. The Hall–Kier alpha value is -1.87. The number of benzene rings is 1. The molecule has 0 unspecified atom stereocenters. The zero-order chi connectivity index (χ0) is 13.5. The summed E-state index contributed by atoms with van der Waals surface area (Å²) in [5.41, 5.74) is 2.26. The fourth-order valence-corrected chi connectivity index (χ4v) is 1.83. The van der Waals surface area contributed by atoms with Gasteiger partial charge in [-0.15, -0.1) is 0 Å². The quantitative estimate of drug-likeness (QED) is 0.858. The van der Waals surface area contributed by atoms with Gasteiger partial charge in [-0.1, -0.05) is 32.0 Å². The van der Waals surface area contributed by atoms with E-state index in [4.69, 9.17) is 4.74 Å². The Balaban J connectivity index is 2.19. The number of hydrogen-bond donors (Lipinski definition) is 1. The van der Waals surface area contributed by atoms with Crippen molar-refractivity contribution in [2.45, 2.75) is 26.8 Å². The molecule has 0 atom stereocenters. The van der Waals surface area contributed by atoms with Crippen LogP contribution in [0.1, 0.15) is 25.1 Å². The summed E-state index contributed by atoms with van der Waals surface area (Å²) in [6, 6.07) is 13.9. The van der Waals surface area contributed by atoms with Gasteiger partial charge in [0.15, 0.2) is 0 Å². The maximum atomic E-state index is 5.80. The van der Waals surface area contributed by atoms with Gasteiger partial charge in [-0.3, -0.25) is 0 Å². The summed E-state index contributed by atoms with van der Waals surface area (Å²) in [4.78, 5) is 4.51. The first-order valence-corrected chi connectivity index (χ1v) is 6.75. The van der Waals surface area contributed by atoms with Crippen molar-refractivity contribution in [1.29, 1.82) is 0 Å². The first-order valence-electron chi connectivity index (χ1n) is 6.75. The average molecular weight is 256 g/mol. The molecule has 0 spiro atoms. The Kier molecular flexibility index (Phi) is 4.93. The average Bonchev–Trinajstić information content (AvgIpc) is 2.46. The molecule has 0 aliphatic heterocycles. The monoisotopic (exact) mass is 256 g/mol. The van der Waals surface area contributed by atoms with E-state index < -0.39 is 0 Å². The number of nitrogens with one attached hydrogen (secondary N) is 1. The zero-order valence-electron chi connectivity index (χ0n) is 11.5. The molecule has 0 aliphatic rings. The van der Waals surface area contributed by atoms with Crippen LogP contribution < -0.4 is 10.1 Å². The maximum Gasteiger partial charge on any atom is 0.219 e. The molecule has 0 saturated heterocycles. The zero-order valence-corrected chi connectivity index (χ0v) is 11.5. The van der Waals surface area contributed by atoms with E-state index in [0.29, 0.717) is 5.88 Å². The lowest BCUT2D eigenvalue weighted by molar-refractivity contribution is 0.459. The fourth-order valence-electron chi connectivity index (χ4n) is 1.83. The van der Waals surface area contributed by atoms with E-state index in [-0.39, 0.29) is 0 Å². The summed E-state index contributed by atoms with van der Waals surface area (Å²) in [5, 5.41) is 3.32. The number of rotatable bonds is 6. The van der Waals surface area contributed by atoms with E-state index in [1.165, 1.54) is 5.56 Å². The van der Waals surface area contributed by atoms with E-state index in [2.05, 4.69) is 30.2 Å². The van der Waals surface area contributed by atoms with Gasteiger partial charge in [-0.05, 0) is 36.7 Å². The number of aryl methyl sites for hydroxylation is 1. The molecule has 0 bridgehead atoms. The van der Waals surface area contributed by atoms with Gasteiger partial charge in [-0.25, -0.2) is 4.98 Å². The molecule has 1 aromatic carbocycles. The molecule has 3 nitrogen and oxygen atoms in total. The highest BCUT2D eigenvalue weighted by atomic mass is 16.5. The van der Waals surface area contributed by atoms with Gasteiger partial charge in [0.2, 0.25) is 5.88 Å². The molecule has 1 aromatic heterocycles. The number of hydrogen-bond acceptors (Lipinski definition) is 3. The van der Waals surface area contributed by atoms with Gasteiger partial charge in [-0.2, -0.15) is 0 Å². The fraction of sp³-hybridized carbons (Fsp3) is 0.312. The largest absolute Gasteiger partial charge is 0.439 e. The lowest BCUT2D eigenvalue weighted by atomic mass is 10.2. The second kappa shape index (κ2) is 6.90. The van der Waals surface area contributed by atoms with Crippen LogP contribution in [0.4, 0.5) is 0 Å². The highest BCUT2D eigenvalue weighted by Crippen LogP contribution is 2.21. The Morgan fingerprint density at radius 1 is 1.11 bits per heavy atom. The van der Waals surface area contributed by atoms with Crippen LogP contribution in [0.5, 0.6) is 11.6 Å². The van der Waals surface area contributed by atoms with Gasteiger partial charge in [0.25, 0.3) is 0 Å². The second-order valence-electron chi connectivity index (χ2n) is 4.35. The molecule has 0 radical (unpaired) electrons. The van der Waals surface area contributed by atoms with Crippen LogP contribution in [0.25, 0.3) is 0 Å². The van der Waals surface area contributed by atoms with Gasteiger partial charge < -0.3 is 10.1 Å². The van der Waals surface area contributed by atoms with Gasteiger partial charge in [0, 0.05) is 18.3 Å². The normalized spacial score (nSPS) is 10.4. The third-order valence-corrected chi connectivity index (χ3v) is 2.82. The first kappa shape index (κ1) is 13.6. The minimum absolute atomic E-state index is 0.665. The smallest absolute Gasteiger partial charge is 0.219 e. The molecule has 0 fully saturated rings.